The maximum Gasteiger partial charge on any atom is 0.433 e. The molecule has 7 nitrogen and oxygen atoms in total. The van der Waals surface area contributed by atoms with Gasteiger partial charge in [0.1, 0.15) is 22.7 Å². The number of hydrogen-bond acceptors (Lipinski definition) is 6. The number of nitrogens with two attached hydrogens (primary N) is 2. The van der Waals surface area contributed by atoms with Gasteiger partial charge in [-0.15, -0.1) is 6.58 Å². The standard InChI is InChI=1S/C19H19F3N4O3/c1-3-11(23)8-13(27)17(18(24)28)25-9-10-4-6-14(29-2)16-12(10)5-7-15(26-16)19(20,21)22/h3-7,9,11,27H,1,8,23H2,2H3,(H2,24,28)/b17-13-,25-9?/t11-/m0/s1. The summed E-state index contributed by atoms with van der Waals surface area (Å²) in [5.41, 5.74) is 9.69. The lowest BCUT2D eigenvalue weighted by atomic mass is 10.1. The van der Waals surface area contributed by atoms with Crippen molar-refractivity contribution < 1.29 is 27.8 Å². The zero-order valence-corrected chi connectivity index (χ0v) is 15.4. The Morgan fingerprint density at radius 2 is 2.07 bits per heavy atom. The molecule has 10 heteroatoms. The van der Waals surface area contributed by atoms with E-state index in [0.29, 0.717) is 10.9 Å². The van der Waals surface area contributed by atoms with Gasteiger partial charge >= 0.3 is 6.18 Å². The third-order valence-electron chi connectivity index (χ3n) is 3.94. The molecule has 0 saturated carbocycles. The van der Waals surface area contributed by atoms with Crippen molar-refractivity contribution in [1.82, 2.24) is 4.98 Å². The van der Waals surface area contributed by atoms with Gasteiger partial charge in [-0.25, -0.2) is 9.98 Å². The predicted molar refractivity (Wildman–Crippen MR) is 103 cm³/mol. The number of halogens is 3. The van der Waals surface area contributed by atoms with Crippen LogP contribution in [0.5, 0.6) is 5.75 Å². The molecule has 2 rings (SSSR count). The number of aliphatic imine (C=N–C) groups is 1. The normalized spacial score (nSPS) is 14.0. The van der Waals surface area contributed by atoms with Crippen LogP contribution in [0.4, 0.5) is 13.2 Å². The summed E-state index contributed by atoms with van der Waals surface area (Å²) in [6.45, 7) is 3.47. The number of fused-ring (bicyclic) bond motifs is 1. The molecule has 0 fully saturated rings. The summed E-state index contributed by atoms with van der Waals surface area (Å²) < 4.78 is 44.0. The third-order valence-corrected chi connectivity index (χ3v) is 3.94. The molecule has 0 aliphatic heterocycles. The number of alkyl halides is 3. The van der Waals surface area contributed by atoms with Crippen molar-refractivity contribution in [3.8, 4) is 5.75 Å². The molecule has 29 heavy (non-hydrogen) atoms. The van der Waals surface area contributed by atoms with Crippen molar-refractivity contribution in [1.29, 1.82) is 0 Å². The fourth-order valence-corrected chi connectivity index (χ4v) is 2.47. The quantitative estimate of drug-likeness (QED) is 0.281. The number of aliphatic hydroxyl groups is 1. The van der Waals surface area contributed by atoms with Crippen LogP contribution in [0.3, 0.4) is 0 Å². The minimum absolute atomic E-state index is 0.0335. The second-order valence-corrected chi connectivity index (χ2v) is 5.97. The van der Waals surface area contributed by atoms with E-state index in [1.165, 1.54) is 37.6 Å². The van der Waals surface area contributed by atoms with E-state index in [1.54, 1.807) is 0 Å². The van der Waals surface area contributed by atoms with Gasteiger partial charge in [-0.05, 0) is 24.3 Å². The smallest absolute Gasteiger partial charge is 0.433 e. The first-order chi connectivity index (χ1) is 13.6. The Morgan fingerprint density at radius 3 is 2.62 bits per heavy atom. The zero-order valence-electron chi connectivity index (χ0n) is 15.4. The average molecular weight is 408 g/mol. The first-order valence-electron chi connectivity index (χ1n) is 8.27. The summed E-state index contributed by atoms with van der Waals surface area (Å²) in [5.74, 6) is -1.30. The molecule has 0 spiro atoms. The number of carbonyl (C=O) groups is 1. The Morgan fingerprint density at radius 1 is 1.38 bits per heavy atom. The van der Waals surface area contributed by atoms with Crippen LogP contribution in [-0.2, 0) is 11.0 Å². The van der Waals surface area contributed by atoms with Crippen LogP contribution in [0, 0.1) is 0 Å². The topological polar surface area (TPSA) is 124 Å². The van der Waals surface area contributed by atoms with Crippen LogP contribution < -0.4 is 16.2 Å². The Kier molecular flexibility index (Phi) is 6.60. The molecule has 0 aliphatic rings. The van der Waals surface area contributed by atoms with E-state index >= 15 is 0 Å². The van der Waals surface area contributed by atoms with Gasteiger partial charge in [0, 0.05) is 29.6 Å². The molecule has 0 unspecified atom stereocenters. The number of methoxy groups -OCH3 is 1. The number of carbonyl (C=O) groups excluding carboxylic acids is 1. The largest absolute Gasteiger partial charge is 0.510 e. The number of amides is 1. The van der Waals surface area contributed by atoms with Gasteiger partial charge in [0.05, 0.1) is 7.11 Å². The van der Waals surface area contributed by atoms with Crippen molar-refractivity contribution in [3.05, 3.63) is 59.6 Å². The van der Waals surface area contributed by atoms with Gasteiger partial charge < -0.3 is 21.3 Å². The van der Waals surface area contributed by atoms with Gasteiger partial charge in [0.15, 0.2) is 5.70 Å². The van der Waals surface area contributed by atoms with E-state index in [0.717, 1.165) is 6.07 Å². The van der Waals surface area contributed by atoms with Crippen LogP contribution >= 0.6 is 0 Å². The number of rotatable bonds is 7. The maximum atomic E-state index is 13.0. The highest BCUT2D eigenvalue weighted by Gasteiger charge is 2.32. The summed E-state index contributed by atoms with van der Waals surface area (Å²) in [5, 5.41) is 10.4. The maximum absolute atomic E-state index is 13.0. The van der Waals surface area contributed by atoms with Crippen LogP contribution in [0.25, 0.3) is 10.9 Å². The lowest BCUT2D eigenvalue weighted by Crippen LogP contribution is -2.21. The first kappa shape index (κ1) is 21.9. The summed E-state index contributed by atoms with van der Waals surface area (Å²) in [4.78, 5) is 19.2. The Labute approximate surface area is 164 Å². The Hall–Kier alpha value is -3.40. The highest BCUT2D eigenvalue weighted by molar-refractivity contribution is 6.03. The number of benzene rings is 1. The first-order valence-corrected chi connectivity index (χ1v) is 8.27. The lowest BCUT2D eigenvalue weighted by molar-refractivity contribution is -0.141. The van der Waals surface area contributed by atoms with E-state index in [2.05, 4.69) is 16.6 Å². The van der Waals surface area contributed by atoms with E-state index in [-0.39, 0.29) is 17.7 Å². The lowest BCUT2D eigenvalue weighted by Gasteiger charge is -2.11. The molecule has 1 atom stereocenters. The number of aromatic nitrogens is 1. The highest BCUT2D eigenvalue weighted by Crippen LogP contribution is 2.32. The molecular weight excluding hydrogens is 389 g/mol. The average Bonchev–Trinajstić information content (AvgIpc) is 2.66. The number of aliphatic hydroxyl groups excluding tert-OH is 1. The van der Waals surface area contributed by atoms with Crippen LogP contribution in [0.15, 0.2) is 53.4 Å². The molecule has 1 heterocycles. The molecule has 0 bridgehead atoms. The molecule has 1 aromatic carbocycles. The monoisotopic (exact) mass is 408 g/mol. The van der Waals surface area contributed by atoms with Crippen LogP contribution in [-0.4, -0.2) is 35.4 Å². The number of hydrogen-bond donors (Lipinski definition) is 3. The second kappa shape index (κ2) is 8.74. The molecule has 1 aromatic heterocycles. The van der Waals surface area contributed by atoms with Gasteiger partial charge in [-0.3, -0.25) is 4.79 Å². The molecule has 1 amide bonds. The van der Waals surface area contributed by atoms with Crippen LogP contribution in [0.2, 0.25) is 0 Å². The number of primary amides is 1. The molecule has 0 radical (unpaired) electrons. The fourth-order valence-electron chi connectivity index (χ4n) is 2.47. The van der Waals surface area contributed by atoms with Crippen LogP contribution in [0.1, 0.15) is 17.7 Å². The summed E-state index contributed by atoms with van der Waals surface area (Å²) in [7, 11) is 1.30. The minimum atomic E-state index is -4.62. The fraction of sp³-hybridized carbons (Fsp3) is 0.211. The van der Waals surface area contributed by atoms with E-state index in [1.807, 2.05) is 0 Å². The van der Waals surface area contributed by atoms with Gasteiger partial charge in [0.2, 0.25) is 0 Å². The number of ether oxygens (including phenoxy) is 1. The van der Waals surface area contributed by atoms with Gasteiger partial charge in [-0.1, -0.05) is 6.08 Å². The van der Waals surface area contributed by atoms with Crippen molar-refractivity contribution in [3.63, 3.8) is 0 Å². The summed E-state index contributed by atoms with van der Waals surface area (Å²) >= 11 is 0. The number of pyridine rings is 1. The van der Waals surface area contributed by atoms with Crippen molar-refractivity contribution in [2.75, 3.05) is 7.11 Å². The van der Waals surface area contributed by atoms with Gasteiger partial charge in [0.25, 0.3) is 5.91 Å². The molecular formula is C19H19F3N4O3. The zero-order chi connectivity index (χ0) is 21.8. The van der Waals surface area contributed by atoms with E-state index in [9.17, 15) is 23.1 Å². The molecule has 154 valence electrons. The van der Waals surface area contributed by atoms with Gasteiger partial charge in [-0.2, -0.15) is 13.2 Å². The SMILES string of the molecule is C=C[C@H](N)C/C(O)=C(/N=Cc1ccc(OC)c2nc(C(F)(F)F)ccc12)C(N)=O. The molecule has 0 saturated heterocycles. The number of nitrogens with zero attached hydrogens (tertiary/aromatic N) is 2. The second-order valence-electron chi connectivity index (χ2n) is 5.97. The highest BCUT2D eigenvalue weighted by atomic mass is 19.4. The van der Waals surface area contributed by atoms with Crippen molar-refractivity contribution >= 4 is 23.0 Å². The Balaban J connectivity index is 2.56. The predicted octanol–water partition coefficient (Wildman–Crippen LogP) is 2.84. The molecule has 0 aliphatic carbocycles. The summed E-state index contributed by atoms with van der Waals surface area (Å²) in [6.07, 6.45) is -2.17. The molecule has 2 aromatic rings. The van der Waals surface area contributed by atoms with E-state index in [4.69, 9.17) is 16.2 Å². The molecule has 5 N–H and O–H groups in total. The minimum Gasteiger partial charge on any atom is -0.510 e. The van der Waals surface area contributed by atoms with Crippen molar-refractivity contribution in [2.24, 2.45) is 16.5 Å². The van der Waals surface area contributed by atoms with E-state index < -0.39 is 35.3 Å². The van der Waals surface area contributed by atoms with Crippen molar-refractivity contribution in [2.45, 2.75) is 18.6 Å². The third kappa shape index (κ3) is 5.11. The Bertz CT molecular complexity index is 1000. The summed E-state index contributed by atoms with van der Waals surface area (Å²) in [6, 6.07) is 4.36.